The maximum atomic E-state index is 13.9. The van der Waals surface area contributed by atoms with Crippen molar-refractivity contribution in [1.82, 2.24) is 47.9 Å². The van der Waals surface area contributed by atoms with Crippen molar-refractivity contribution in [3.63, 3.8) is 0 Å². The van der Waals surface area contributed by atoms with E-state index >= 15 is 0 Å². The molecule has 24 nitrogen and oxygen atoms in total. The number of benzene rings is 1. The zero-order chi connectivity index (χ0) is 56.2. The van der Waals surface area contributed by atoms with Crippen LogP contribution in [0.15, 0.2) is 30.3 Å². The van der Waals surface area contributed by atoms with Gasteiger partial charge in [0.1, 0.15) is 59.7 Å². The third kappa shape index (κ3) is 30.9. The largest absolute Gasteiger partial charge is 0.480 e. The van der Waals surface area contributed by atoms with E-state index in [0.29, 0.717) is 37.7 Å². The Hall–Kier alpha value is -6.88. The van der Waals surface area contributed by atoms with Gasteiger partial charge in [-0.2, -0.15) is 0 Å². The molecule has 9 amide bonds. The highest BCUT2D eigenvalue weighted by Crippen LogP contribution is 2.11. The Morgan fingerprint density at radius 2 is 0.757 bits per heavy atom. The zero-order valence-electron chi connectivity index (χ0n) is 45.2. The van der Waals surface area contributed by atoms with Gasteiger partial charge in [0, 0.05) is 19.6 Å². The number of rotatable bonds is 29. The van der Waals surface area contributed by atoms with E-state index in [4.69, 9.17) is 18.9 Å². The van der Waals surface area contributed by atoms with Crippen molar-refractivity contribution < 1.29 is 72.0 Å². The number of hydrogen-bond acceptors (Lipinski definition) is 14. The minimum atomic E-state index is -1.31. The van der Waals surface area contributed by atoms with Crippen molar-refractivity contribution in [2.45, 2.75) is 201 Å². The molecule has 418 valence electrons. The summed E-state index contributed by atoms with van der Waals surface area (Å²) < 4.78 is 21.1. The van der Waals surface area contributed by atoms with Crippen molar-refractivity contribution in [3.8, 4) is 0 Å². The van der Waals surface area contributed by atoms with Gasteiger partial charge in [-0.3, -0.25) is 28.8 Å². The summed E-state index contributed by atoms with van der Waals surface area (Å²) >= 11 is 0. The Morgan fingerprint density at radius 3 is 1.08 bits per heavy atom. The van der Waals surface area contributed by atoms with Crippen molar-refractivity contribution in [3.05, 3.63) is 35.9 Å². The number of nitrogens with one attached hydrogen (secondary N) is 9. The van der Waals surface area contributed by atoms with Crippen LogP contribution in [0.25, 0.3) is 0 Å². The Morgan fingerprint density at radius 1 is 0.432 bits per heavy atom. The van der Waals surface area contributed by atoms with Gasteiger partial charge in [0.15, 0.2) is 0 Å². The number of amides is 9. The molecular weight excluding hydrogens is 967 g/mol. The second-order valence-electron chi connectivity index (χ2n) is 20.7. The quantitative estimate of drug-likeness (QED) is 0.0401. The lowest BCUT2D eigenvalue weighted by Gasteiger charge is -2.25. The molecule has 0 radical (unpaired) electrons. The van der Waals surface area contributed by atoms with Crippen LogP contribution in [0.5, 0.6) is 0 Å². The highest BCUT2D eigenvalue weighted by Gasteiger charge is 2.31. The van der Waals surface area contributed by atoms with E-state index in [-0.39, 0.29) is 51.9 Å². The fraction of sp³-hybridized carbons (Fsp3) is 0.680. The molecule has 1 aromatic rings. The van der Waals surface area contributed by atoms with Crippen LogP contribution < -0.4 is 47.9 Å². The molecule has 0 aliphatic rings. The maximum absolute atomic E-state index is 13.9. The normalized spacial score (nSPS) is 13.8. The van der Waals surface area contributed by atoms with Gasteiger partial charge in [0.2, 0.25) is 29.5 Å². The van der Waals surface area contributed by atoms with Crippen molar-refractivity contribution >= 4 is 59.9 Å². The number of ether oxygens (including phenoxy) is 4. The van der Waals surface area contributed by atoms with Crippen LogP contribution >= 0.6 is 0 Å². The van der Waals surface area contributed by atoms with E-state index in [1.807, 2.05) is 0 Å². The third-order valence-corrected chi connectivity index (χ3v) is 10.1. The summed E-state index contributed by atoms with van der Waals surface area (Å²) in [4.78, 5) is 129. The fourth-order valence-electron chi connectivity index (χ4n) is 6.38. The second kappa shape index (κ2) is 32.3. The van der Waals surface area contributed by atoms with Crippen molar-refractivity contribution in [2.75, 3.05) is 19.6 Å². The van der Waals surface area contributed by atoms with Gasteiger partial charge in [-0.15, -0.1) is 0 Å². The molecule has 74 heavy (non-hydrogen) atoms. The molecule has 1 rings (SSSR count). The molecule has 0 unspecified atom stereocenters. The van der Waals surface area contributed by atoms with Gasteiger partial charge in [0.25, 0.3) is 0 Å². The van der Waals surface area contributed by atoms with Crippen LogP contribution in [-0.4, -0.2) is 138 Å². The van der Waals surface area contributed by atoms with E-state index in [2.05, 4.69) is 47.9 Å². The fourth-order valence-corrected chi connectivity index (χ4v) is 6.38. The number of carbonyl (C=O) groups excluding carboxylic acids is 9. The summed E-state index contributed by atoms with van der Waals surface area (Å²) in [5, 5.41) is 32.4. The number of carboxylic acid groups (broad SMARTS) is 1. The van der Waals surface area contributed by atoms with Gasteiger partial charge in [0.05, 0.1) is 0 Å². The number of hydrogen-bond donors (Lipinski definition) is 10. The van der Waals surface area contributed by atoms with Gasteiger partial charge >= 0.3 is 30.3 Å². The lowest BCUT2D eigenvalue weighted by atomic mass is 10.1. The van der Waals surface area contributed by atoms with Crippen LogP contribution in [0.3, 0.4) is 0 Å². The standard InChI is InChI=1S/C50H83N9O15/c1-31(38(60)58-36(41(63)56-33(3)43(65)66)25-17-20-28-52-45(68)73-49(7,8)9)54-40(62)35(24-16-19-27-51-44(67)72-48(4,5)6)57-39(61)32(2)55-42(64)37(26-18-21-29-53-46(69)74-50(10,11)12)59-47(70)71-30-34-22-14-13-15-23-34/h13-15,22-23,31-33,35-37H,16-21,24-30H2,1-12H3,(H,51,67)(H,52,68)(H,53,69)(H,54,62)(H,55,64)(H,56,63)(H,57,61)(H,58,60)(H,59,70)(H,65,66)/t31-,32-,33-,35+,36+,37+/m1/s1. The van der Waals surface area contributed by atoms with E-state index in [0.717, 1.165) is 0 Å². The molecular formula is C50H83N9O15. The van der Waals surface area contributed by atoms with E-state index < -0.39 is 113 Å². The molecule has 0 aliphatic heterocycles. The first kappa shape index (κ1) is 65.1. The van der Waals surface area contributed by atoms with E-state index in [9.17, 15) is 53.1 Å². The Balaban J connectivity index is 3.20. The number of carbonyl (C=O) groups is 10. The van der Waals surface area contributed by atoms with Crippen molar-refractivity contribution in [1.29, 1.82) is 0 Å². The van der Waals surface area contributed by atoms with Gasteiger partial charge in [-0.1, -0.05) is 30.3 Å². The van der Waals surface area contributed by atoms with Crippen LogP contribution in [-0.2, 0) is 54.3 Å². The lowest BCUT2D eigenvalue weighted by Crippen LogP contribution is -2.58. The second-order valence-corrected chi connectivity index (χ2v) is 20.7. The maximum Gasteiger partial charge on any atom is 0.408 e. The number of aliphatic carboxylic acids is 1. The average Bonchev–Trinajstić information content (AvgIpc) is 3.27. The zero-order valence-corrected chi connectivity index (χ0v) is 45.2. The molecule has 0 saturated carbocycles. The predicted molar refractivity (Wildman–Crippen MR) is 272 cm³/mol. The average molecular weight is 1050 g/mol. The molecule has 0 aliphatic carbocycles. The first-order valence-electron chi connectivity index (χ1n) is 25.0. The van der Waals surface area contributed by atoms with E-state index in [1.54, 1.807) is 92.6 Å². The van der Waals surface area contributed by atoms with Crippen LogP contribution in [0.1, 0.15) is 146 Å². The van der Waals surface area contributed by atoms with Crippen molar-refractivity contribution in [2.24, 2.45) is 0 Å². The summed E-state index contributed by atoms with van der Waals surface area (Å²) in [5.74, 6) is -5.30. The molecule has 1 aromatic carbocycles. The predicted octanol–water partition coefficient (Wildman–Crippen LogP) is 3.93. The number of alkyl carbamates (subject to hydrolysis) is 4. The summed E-state index contributed by atoms with van der Waals surface area (Å²) in [5.41, 5.74) is -1.46. The highest BCUT2D eigenvalue weighted by atomic mass is 16.6. The summed E-state index contributed by atoms with van der Waals surface area (Å²) in [6, 6.07) is 1.22. The molecule has 0 bridgehead atoms. The highest BCUT2D eigenvalue weighted by molar-refractivity contribution is 5.96. The summed E-state index contributed by atoms with van der Waals surface area (Å²) in [6.07, 6.45) is -0.723. The number of carboxylic acids is 1. The smallest absolute Gasteiger partial charge is 0.408 e. The summed E-state index contributed by atoms with van der Waals surface area (Å²) in [6.45, 7) is 19.8. The SMILES string of the molecule is C[C@@H](NC(=O)[C@H](CCCCNC(=O)OC(C)(C)C)NC(=O)[C@@H](C)NC(=O)[C@H](CCCCNC(=O)OC(C)(C)C)NC(=O)[C@@H](C)NC(=O)[C@H](CCCCNC(=O)OC(C)(C)C)NC(=O)OCc1ccccc1)C(=O)O. The van der Waals surface area contributed by atoms with Gasteiger partial charge in [-0.25, -0.2) is 19.2 Å². The van der Waals surface area contributed by atoms with Crippen LogP contribution in [0, 0.1) is 0 Å². The molecule has 6 atom stereocenters. The van der Waals surface area contributed by atoms with Gasteiger partial charge < -0.3 is 71.9 Å². The first-order chi connectivity index (χ1) is 34.3. The van der Waals surface area contributed by atoms with E-state index in [1.165, 1.54) is 20.8 Å². The Kier molecular flexibility index (Phi) is 28.5. The lowest BCUT2D eigenvalue weighted by molar-refractivity contribution is -0.141. The van der Waals surface area contributed by atoms with Gasteiger partial charge in [-0.05, 0) is 146 Å². The Labute approximate surface area is 434 Å². The first-order valence-corrected chi connectivity index (χ1v) is 25.0. The topological polar surface area (TPSA) is 336 Å². The molecule has 0 spiro atoms. The van der Waals surface area contributed by atoms with Crippen LogP contribution in [0.4, 0.5) is 19.2 Å². The minimum absolute atomic E-state index is 0.00716. The summed E-state index contributed by atoms with van der Waals surface area (Å²) in [7, 11) is 0. The molecule has 10 N–H and O–H groups in total. The molecule has 24 heteroatoms. The number of unbranched alkanes of at least 4 members (excludes halogenated alkanes) is 3. The molecule has 0 saturated heterocycles. The van der Waals surface area contributed by atoms with Crippen LogP contribution in [0.2, 0.25) is 0 Å². The monoisotopic (exact) mass is 1050 g/mol. The molecule has 0 aromatic heterocycles. The molecule has 0 fully saturated rings. The minimum Gasteiger partial charge on any atom is -0.480 e. The third-order valence-electron chi connectivity index (χ3n) is 10.1. The Bertz CT molecular complexity index is 2000. The molecule has 0 heterocycles.